The van der Waals surface area contributed by atoms with Gasteiger partial charge in [0.15, 0.2) is 8.32 Å². The van der Waals surface area contributed by atoms with E-state index in [1.54, 1.807) is 0 Å². The Morgan fingerprint density at radius 2 is 1.83 bits per heavy atom. The zero-order valence-electron chi connectivity index (χ0n) is 18.0. The number of aromatic nitrogens is 2. The van der Waals surface area contributed by atoms with Gasteiger partial charge in [0.2, 0.25) is 0 Å². The highest BCUT2D eigenvalue weighted by molar-refractivity contribution is 6.74. The third kappa shape index (κ3) is 4.13. The van der Waals surface area contributed by atoms with Gasteiger partial charge in [-0.25, -0.2) is 4.98 Å². The van der Waals surface area contributed by atoms with Crippen molar-refractivity contribution in [1.29, 1.82) is 0 Å². The van der Waals surface area contributed by atoms with Crippen LogP contribution >= 0.6 is 11.6 Å². The second-order valence-electron chi connectivity index (χ2n) is 9.69. The average Bonchev–Trinajstić information content (AvgIpc) is 3.29. The Balaban J connectivity index is 1.37. The van der Waals surface area contributed by atoms with Crippen LogP contribution in [-0.2, 0) is 25.2 Å². The summed E-state index contributed by atoms with van der Waals surface area (Å²) in [6.45, 7) is 14.8. The van der Waals surface area contributed by atoms with Crippen LogP contribution in [0.25, 0.3) is 11.0 Å². The summed E-state index contributed by atoms with van der Waals surface area (Å²) in [4.78, 5) is 7.77. The highest BCUT2D eigenvalue weighted by Crippen LogP contribution is 2.40. The first-order valence-corrected chi connectivity index (χ1v) is 13.5. The zero-order valence-corrected chi connectivity index (χ0v) is 19.8. The summed E-state index contributed by atoms with van der Waals surface area (Å²) in [6.07, 6.45) is -0.251. The van der Waals surface area contributed by atoms with Gasteiger partial charge in [0, 0.05) is 5.69 Å². The van der Waals surface area contributed by atoms with Crippen LogP contribution in [0.5, 0.6) is 0 Å². The summed E-state index contributed by atoms with van der Waals surface area (Å²) in [5.41, 5.74) is 3.73. The van der Waals surface area contributed by atoms with Crippen LogP contribution in [-0.4, -0.2) is 55.9 Å². The monoisotopic (exact) mass is 438 g/mol. The first kappa shape index (κ1) is 21.3. The Morgan fingerprint density at radius 1 is 1.17 bits per heavy atom. The lowest BCUT2D eigenvalue weighted by molar-refractivity contribution is -0.0439. The van der Waals surface area contributed by atoms with Gasteiger partial charge in [-0.05, 0) is 42.8 Å². The van der Waals surface area contributed by atoms with Crippen LogP contribution < -0.4 is 0 Å². The van der Waals surface area contributed by atoms with Crippen molar-refractivity contribution < 1.29 is 18.6 Å². The van der Waals surface area contributed by atoms with E-state index in [2.05, 4.69) is 43.8 Å². The van der Waals surface area contributed by atoms with Crippen molar-refractivity contribution in [1.82, 2.24) is 9.97 Å². The minimum absolute atomic E-state index is 0.0168. The fourth-order valence-corrected chi connectivity index (χ4v) is 5.15. The van der Waals surface area contributed by atoms with Crippen molar-refractivity contribution in [3.63, 3.8) is 0 Å². The third-order valence-electron chi connectivity index (χ3n) is 6.45. The van der Waals surface area contributed by atoms with Gasteiger partial charge < -0.3 is 23.6 Å². The third-order valence-corrected chi connectivity index (χ3v) is 11.3. The lowest BCUT2D eigenvalue weighted by Crippen LogP contribution is -2.47. The van der Waals surface area contributed by atoms with Crippen LogP contribution in [0.4, 0.5) is 0 Å². The highest BCUT2D eigenvalue weighted by Gasteiger charge is 2.51. The van der Waals surface area contributed by atoms with Crippen molar-refractivity contribution in [3.8, 4) is 0 Å². The maximum Gasteiger partial charge on any atom is 0.192 e. The number of hydrogen-bond donors (Lipinski definition) is 1. The fraction of sp³-hybridized carbons (Fsp3) is 0.667. The van der Waals surface area contributed by atoms with Crippen molar-refractivity contribution in [3.05, 3.63) is 28.5 Å². The molecule has 8 heteroatoms. The quantitative estimate of drug-likeness (QED) is 0.546. The van der Waals surface area contributed by atoms with Crippen molar-refractivity contribution in [2.24, 2.45) is 0 Å². The summed E-state index contributed by atoms with van der Waals surface area (Å²) in [6, 6.07) is 3.98. The Morgan fingerprint density at radius 3 is 2.52 bits per heavy atom. The van der Waals surface area contributed by atoms with E-state index in [4.69, 9.17) is 30.2 Å². The summed E-state index contributed by atoms with van der Waals surface area (Å²) in [5.74, 6) is 0. The molecular weight excluding hydrogens is 408 g/mol. The van der Waals surface area contributed by atoms with Gasteiger partial charge in [-0.15, -0.1) is 0 Å². The molecular formula is C21H31ClN2O4Si. The summed E-state index contributed by atoms with van der Waals surface area (Å²) in [7, 11) is -1.87. The molecule has 0 bridgehead atoms. The summed E-state index contributed by atoms with van der Waals surface area (Å²) >= 11 is 6.13. The van der Waals surface area contributed by atoms with E-state index in [0.717, 1.165) is 22.3 Å². The average molecular weight is 439 g/mol. The maximum atomic E-state index is 6.56. The van der Waals surface area contributed by atoms with Crippen molar-refractivity contribution >= 4 is 31.0 Å². The molecule has 1 N–H and O–H groups in total. The Hall–Kier alpha value is -0.963. The smallest absolute Gasteiger partial charge is 0.192 e. The summed E-state index contributed by atoms with van der Waals surface area (Å²) in [5, 5.41) is 0.688. The molecule has 2 fully saturated rings. The molecule has 0 aromatic carbocycles. The van der Waals surface area contributed by atoms with E-state index in [1.807, 2.05) is 19.1 Å². The number of aryl methyl sites for hydroxylation is 1. The van der Waals surface area contributed by atoms with Gasteiger partial charge in [-0.1, -0.05) is 32.4 Å². The van der Waals surface area contributed by atoms with Crippen LogP contribution in [0, 0.1) is 6.92 Å². The zero-order chi connectivity index (χ0) is 21.0. The molecule has 4 heterocycles. The van der Waals surface area contributed by atoms with Gasteiger partial charge >= 0.3 is 0 Å². The maximum absolute atomic E-state index is 6.56. The Kier molecular flexibility index (Phi) is 5.59. The van der Waals surface area contributed by atoms with E-state index in [0.29, 0.717) is 25.0 Å². The number of nitrogens with zero attached hydrogens (tertiary/aromatic N) is 1. The van der Waals surface area contributed by atoms with Crippen LogP contribution in [0.1, 0.15) is 32.0 Å². The Labute approximate surface area is 178 Å². The SMILES string of the molecule is Cc1cc2[nH]c(CO[C@@H]3CO[C@@H]4C(O[Si](C)(C)C(C)(C)C)CO[C@@H]43)cc2nc1Cl. The molecule has 4 rings (SSSR count). The molecule has 6 nitrogen and oxygen atoms in total. The number of aromatic amines is 1. The van der Waals surface area contributed by atoms with Crippen molar-refractivity contribution in [2.45, 2.75) is 76.8 Å². The minimum atomic E-state index is -1.87. The first-order valence-electron chi connectivity index (χ1n) is 10.2. The predicted molar refractivity (Wildman–Crippen MR) is 116 cm³/mol. The van der Waals surface area contributed by atoms with Gasteiger partial charge in [-0.2, -0.15) is 0 Å². The molecule has 0 radical (unpaired) electrons. The molecule has 160 valence electrons. The highest BCUT2D eigenvalue weighted by atomic mass is 35.5. The summed E-state index contributed by atoms with van der Waals surface area (Å²) < 4.78 is 24.8. The van der Waals surface area contributed by atoms with Gasteiger partial charge in [0.05, 0.1) is 37.0 Å². The topological polar surface area (TPSA) is 65.6 Å². The molecule has 29 heavy (non-hydrogen) atoms. The first-order chi connectivity index (χ1) is 13.5. The molecule has 1 unspecified atom stereocenters. The predicted octanol–water partition coefficient (Wildman–Crippen LogP) is 4.60. The molecule has 0 spiro atoms. The van der Waals surface area contributed by atoms with E-state index in [-0.39, 0.29) is 29.5 Å². The molecule has 2 aromatic heterocycles. The lowest BCUT2D eigenvalue weighted by atomic mass is 10.1. The molecule has 2 aliphatic rings. The van der Waals surface area contributed by atoms with Gasteiger partial charge in [0.25, 0.3) is 0 Å². The van der Waals surface area contributed by atoms with E-state index < -0.39 is 8.32 Å². The normalized spacial score (nSPS) is 27.7. The second-order valence-corrected chi connectivity index (χ2v) is 14.8. The molecule has 0 amide bonds. The Bertz CT molecular complexity index is 856. The van der Waals surface area contributed by atoms with E-state index in [9.17, 15) is 0 Å². The molecule has 2 aliphatic heterocycles. The van der Waals surface area contributed by atoms with Gasteiger partial charge in [-0.3, -0.25) is 0 Å². The van der Waals surface area contributed by atoms with E-state index >= 15 is 0 Å². The molecule has 0 saturated carbocycles. The molecule has 2 aromatic rings. The largest absolute Gasteiger partial charge is 0.409 e. The number of fused-ring (bicyclic) bond motifs is 2. The number of hydrogen-bond acceptors (Lipinski definition) is 5. The lowest BCUT2D eigenvalue weighted by Gasteiger charge is -2.39. The number of ether oxygens (including phenoxy) is 3. The van der Waals surface area contributed by atoms with Crippen LogP contribution in [0.15, 0.2) is 12.1 Å². The minimum Gasteiger partial charge on any atom is -0.409 e. The molecule has 0 aliphatic carbocycles. The molecule has 2 saturated heterocycles. The van der Waals surface area contributed by atoms with Crippen LogP contribution in [0.2, 0.25) is 23.3 Å². The fourth-order valence-electron chi connectivity index (χ4n) is 3.69. The van der Waals surface area contributed by atoms with Crippen LogP contribution in [0.3, 0.4) is 0 Å². The molecule has 4 atom stereocenters. The number of halogens is 1. The van der Waals surface area contributed by atoms with Gasteiger partial charge in [0.1, 0.15) is 23.5 Å². The number of pyridine rings is 1. The van der Waals surface area contributed by atoms with E-state index in [1.165, 1.54) is 0 Å². The standard InChI is InChI=1S/C21H31ClN2O4Si/c1-12-7-14-15(24-20(12)22)8-13(23-14)9-25-16-10-26-19-17(11-27-18(16)19)28-29(5,6)21(2,3)4/h7-8,16-19,23H,9-11H2,1-6H3/t16-,17?,18-,19-/m1/s1. The number of nitrogens with one attached hydrogen (secondary N) is 1. The second kappa shape index (κ2) is 7.62. The number of H-pyrrole nitrogens is 1. The van der Waals surface area contributed by atoms with Crippen molar-refractivity contribution in [2.75, 3.05) is 13.2 Å². The number of rotatable bonds is 5.